The number of aryl methyl sites for hydroxylation is 1. The Morgan fingerprint density at radius 1 is 1.37 bits per heavy atom. The van der Waals surface area contributed by atoms with Crippen molar-refractivity contribution >= 4 is 58.0 Å². The molecule has 7 nitrogen and oxygen atoms in total. The average Bonchev–Trinajstić information content (AvgIpc) is 3.19. The van der Waals surface area contributed by atoms with Crippen LogP contribution in [0.5, 0.6) is 0 Å². The van der Waals surface area contributed by atoms with Crippen molar-refractivity contribution < 1.29 is 13.9 Å². The molecule has 0 bridgehead atoms. The summed E-state index contributed by atoms with van der Waals surface area (Å²) in [6.07, 6.45) is 9.17. The molecule has 0 aliphatic heterocycles. The van der Waals surface area contributed by atoms with E-state index in [0.717, 1.165) is 28.9 Å². The topological polar surface area (TPSA) is 94.5 Å². The number of halogens is 3. The molecule has 184 valence electrons. The predicted molar refractivity (Wildman–Crippen MR) is 140 cm³/mol. The number of nitrogens with two attached hydrogens (primary N) is 1. The molecule has 0 radical (unpaired) electrons. The number of rotatable bonds is 9. The van der Waals surface area contributed by atoms with Crippen molar-refractivity contribution in [3.8, 4) is 0 Å². The number of esters is 1. The minimum absolute atomic E-state index is 0.00233. The maximum atomic E-state index is 13.5. The number of hydrogen-bond donors (Lipinski definition) is 2. The van der Waals surface area contributed by atoms with E-state index in [1.165, 1.54) is 0 Å². The van der Waals surface area contributed by atoms with Gasteiger partial charge in [-0.25, -0.2) is 14.4 Å². The minimum atomic E-state index is -0.345. The maximum Gasteiger partial charge on any atom is 0.305 e. The van der Waals surface area contributed by atoms with Crippen LogP contribution in [0.3, 0.4) is 0 Å². The third-order valence-electron chi connectivity index (χ3n) is 4.91. The van der Waals surface area contributed by atoms with Crippen LogP contribution in [0.25, 0.3) is 11.1 Å². The first kappa shape index (κ1) is 26.6. The quantitative estimate of drug-likeness (QED) is 0.184. The first-order valence-electron chi connectivity index (χ1n) is 10.6. The third kappa shape index (κ3) is 6.56. The average molecular weight is 536 g/mol. The number of allylic oxidation sites excluding steroid dienone is 4. The van der Waals surface area contributed by atoms with Gasteiger partial charge in [-0.05, 0) is 49.6 Å². The number of nitrogen functional groups attached to an aromatic ring is 1. The first-order valence-corrected chi connectivity index (χ1v) is 12.1. The minimum Gasteiger partial charge on any atom is -0.461 e. The van der Waals surface area contributed by atoms with Crippen LogP contribution in [0.1, 0.15) is 37.4 Å². The molecule has 0 spiro atoms. The summed E-state index contributed by atoms with van der Waals surface area (Å²) in [5.74, 6) is 0.817. The molecule has 35 heavy (non-hydrogen) atoms. The molecule has 0 saturated heterocycles. The molecule has 1 aromatic carbocycles. The van der Waals surface area contributed by atoms with Crippen molar-refractivity contribution in [3.63, 3.8) is 0 Å². The number of carbonyl (C=O) groups excluding carboxylic acids is 1. The second-order valence-electron chi connectivity index (χ2n) is 7.41. The summed E-state index contributed by atoms with van der Waals surface area (Å²) in [7, 11) is 0. The summed E-state index contributed by atoms with van der Waals surface area (Å²) in [6, 6.07) is 3.26. The summed E-state index contributed by atoms with van der Waals surface area (Å²) < 4.78 is 23.4. The third-order valence-corrected chi connectivity index (χ3v) is 6.56. The SMILES string of the molecule is CCC(=O)OCc1cc(Cl)cc(SNC(/C=C\C=C(/C)c2nc(C)n3ccnc(N)c23)=C\F)c1Cl. The number of hydrogen-bond acceptors (Lipinski definition) is 7. The van der Waals surface area contributed by atoms with Gasteiger partial charge in [0.2, 0.25) is 0 Å². The van der Waals surface area contributed by atoms with Crippen LogP contribution in [0.4, 0.5) is 10.2 Å². The number of imidazole rings is 1. The molecule has 3 N–H and O–H groups in total. The predicted octanol–water partition coefficient (Wildman–Crippen LogP) is 6.45. The normalized spacial score (nSPS) is 12.5. The zero-order chi connectivity index (χ0) is 25.5. The molecule has 3 aromatic rings. The molecule has 0 unspecified atom stereocenters. The fraction of sp³-hybridized carbons (Fsp3) is 0.208. The molecule has 0 atom stereocenters. The Kier molecular flexibility index (Phi) is 9.20. The van der Waals surface area contributed by atoms with Gasteiger partial charge in [0.25, 0.3) is 0 Å². The van der Waals surface area contributed by atoms with E-state index in [2.05, 4.69) is 14.7 Å². The molecule has 11 heteroatoms. The van der Waals surface area contributed by atoms with Gasteiger partial charge in [-0.2, -0.15) is 0 Å². The van der Waals surface area contributed by atoms with Crippen molar-refractivity contribution in [2.45, 2.75) is 38.7 Å². The fourth-order valence-electron chi connectivity index (χ4n) is 3.13. The van der Waals surface area contributed by atoms with Crippen LogP contribution in [-0.2, 0) is 16.1 Å². The van der Waals surface area contributed by atoms with Crippen LogP contribution in [0.15, 0.2) is 59.7 Å². The lowest BCUT2D eigenvalue weighted by molar-refractivity contribution is -0.144. The van der Waals surface area contributed by atoms with E-state index < -0.39 is 0 Å². The summed E-state index contributed by atoms with van der Waals surface area (Å²) in [5, 5.41) is 0.777. The molecule has 2 aromatic heterocycles. The van der Waals surface area contributed by atoms with Crippen molar-refractivity contribution in [2.24, 2.45) is 0 Å². The number of fused-ring (bicyclic) bond motifs is 1. The second-order valence-corrected chi connectivity index (χ2v) is 9.07. The highest BCUT2D eigenvalue weighted by Gasteiger charge is 2.13. The Balaban J connectivity index is 1.72. The molecule has 0 fully saturated rings. The zero-order valence-corrected chi connectivity index (χ0v) is 21.6. The van der Waals surface area contributed by atoms with Gasteiger partial charge in [-0.3, -0.25) is 9.20 Å². The van der Waals surface area contributed by atoms with Crippen molar-refractivity contribution in [3.05, 3.63) is 81.9 Å². The molecule has 0 saturated carbocycles. The molecule has 3 rings (SSSR count). The van der Waals surface area contributed by atoms with Gasteiger partial charge < -0.3 is 15.2 Å². The van der Waals surface area contributed by atoms with Gasteiger partial charge >= 0.3 is 5.97 Å². The summed E-state index contributed by atoms with van der Waals surface area (Å²) in [5.41, 5.74) is 9.05. The fourth-order valence-corrected chi connectivity index (χ4v) is 4.46. The lowest BCUT2D eigenvalue weighted by Gasteiger charge is -2.12. The monoisotopic (exact) mass is 535 g/mol. The number of anilines is 1. The first-order chi connectivity index (χ1) is 16.7. The largest absolute Gasteiger partial charge is 0.461 e. The smallest absolute Gasteiger partial charge is 0.305 e. The number of ether oxygens (including phenoxy) is 1. The van der Waals surface area contributed by atoms with Crippen LogP contribution >= 0.6 is 35.1 Å². The summed E-state index contributed by atoms with van der Waals surface area (Å²) >= 11 is 13.7. The molecule has 2 heterocycles. The van der Waals surface area contributed by atoms with Crippen molar-refractivity contribution in [1.29, 1.82) is 0 Å². The lowest BCUT2D eigenvalue weighted by Crippen LogP contribution is -2.04. The lowest BCUT2D eigenvalue weighted by atomic mass is 10.2. The maximum absolute atomic E-state index is 13.5. The number of benzene rings is 1. The Hall–Kier alpha value is -3.01. The van der Waals surface area contributed by atoms with E-state index in [9.17, 15) is 9.18 Å². The number of nitrogens with one attached hydrogen (secondary N) is 1. The highest BCUT2D eigenvalue weighted by Crippen LogP contribution is 2.33. The summed E-state index contributed by atoms with van der Waals surface area (Å²) in [6.45, 7) is 5.47. The van der Waals surface area contributed by atoms with Gasteiger partial charge in [0, 0.05) is 34.3 Å². The molecule has 0 aliphatic rings. The van der Waals surface area contributed by atoms with Gasteiger partial charge in [0.05, 0.1) is 16.4 Å². The van der Waals surface area contributed by atoms with Crippen LogP contribution in [0, 0.1) is 6.92 Å². The van der Waals surface area contributed by atoms with Crippen molar-refractivity contribution in [1.82, 2.24) is 19.1 Å². The van der Waals surface area contributed by atoms with Gasteiger partial charge in [0.1, 0.15) is 30.1 Å². The van der Waals surface area contributed by atoms with E-state index in [0.29, 0.717) is 38.3 Å². The standard InChI is InChI=1S/C24H24Cl2FN5O2S/c1-4-20(33)34-13-16-10-17(25)11-19(21(16)26)35-31-18(12-27)7-5-6-14(2)22-23-24(28)29-8-9-32(23)15(3)30-22/h5-12,31H,4,13H2,1-3H3,(H2,28,29)/b7-5-,14-6+,18-12-. The van der Waals surface area contributed by atoms with E-state index in [1.54, 1.807) is 49.7 Å². The Morgan fingerprint density at radius 2 is 2.14 bits per heavy atom. The van der Waals surface area contributed by atoms with E-state index >= 15 is 0 Å². The summed E-state index contributed by atoms with van der Waals surface area (Å²) in [4.78, 5) is 20.7. The zero-order valence-electron chi connectivity index (χ0n) is 19.3. The Labute approximate surface area is 217 Å². The van der Waals surface area contributed by atoms with Crippen LogP contribution < -0.4 is 10.5 Å². The number of carbonyl (C=O) groups is 1. The van der Waals surface area contributed by atoms with Crippen molar-refractivity contribution in [2.75, 3.05) is 5.73 Å². The van der Waals surface area contributed by atoms with Gasteiger partial charge in [-0.15, -0.1) is 0 Å². The molecule has 0 amide bonds. The van der Waals surface area contributed by atoms with E-state index in [4.69, 9.17) is 33.7 Å². The number of aromatic nitrogens is 3. The Bertz CT molecular complexity index is 1340. The molecular formula is C24H24Cl2FN5O2S. The molecule has 0 aliphatic carbocycles. The van der Waals surface area contributed by atoms with Gasteiger partial charge in [-0.1, -0.05) is 42.3 Å². The Morgan fingerprint density at radius 3 is 2.86 bits per heavy atom. The van der Waals surface area contributed by atoms with E-state index in [1.807, 2.05) is 18.2 Å². The van der Waals surface area contributed by atoms with Gasteiger partial charge in [0.15, 0.2) is 0 Å². The van der Waals surface area contributed by atoms with Crippen LogP contribution in [-0.4, -0.2) is 20.3 Å². The molecular weight excluding hydrogens is 512 g/mol. The highest BCUT2D eigenvalue weighted by molar-refractivity contribution is 7.97. The second kappa shape index (κ2) is 12.1. The van der Waals surface area contributed by atoms with Crippen LogP contribution in [0.2, 0.25) is 10.0 Å². The highest BCUT2D eigenvalue weighted by atomic mass is 35.5. The number of nitrogens with zero attached hydrogens (tertiary/aromatic N) is 3. The van der Waals surface area contributed by atoms with E-state index in [-0.39, 0.29) is 24.7 Å².